The predicted molar refractivity (Wildman–Crippen MR) is 112 cm³/mol. The van der Waals surface area contributed by atoms with Crippen LogP contribution in [0.15, 0.2) is 65.3 Å². The first kappa shape index (κ1) is 17.4. The Labute approximate surface area is 165 Å². The lowest BCUT2D eigenvalue weighted by Gasteiger charge is -2.12. The van der Waals surface area contributed by atoms with Crippen molar-refractivity contribution >= 4 is 50.5 Å². The Morgan fingerprint density at radius 2 is 2.00 bits per heavy atom. The second-order valence-electron chi connectivity index (χ2n) is 5.90. The second-order valence-corrected chi connectivity index (χ2v) is 7.34. The summed E-state index contributed by atoms with van der Waals surface area (Å²) in [4.78, 5) is 16.7. The average molecular weight is 393 g/mol. The topological polar surface area (TPSA) is 67.2 Å². The van der Waals surface area contributed by atoms with Crippen molar-refractivity contribution in [2.75, 3.05) is 5.32 Å². The molecule has 0 aliphatic heterocycles. The number of furan rings is 1. The van der Waals surface area contributed by atoms with Crippen LogP contribution in [0.3, 0.4) is 0 Å². The van der Waals surface area contributed by atoms with Gasteiger partial charge in [-0.1, -0.05) is 12.1 Å². The van der Waals surface area contributed by atoms with E-state index in [9.17, 15) is 4.79 Å². The zero-order valence-electron chi connectivity index (χ0n) is 14.4. The molecule has 1 amide bonds. The van der Waals surface area contributed by atoms with E-state index < -0.39 is 0 Å². The lowest BCUT2D eigenvalue weighted by molar-refractivity contribution is 0.0950. The van der Waals surface area contributed by atoms with E-state index in [2.05, 4.69) is 27.8 Å². The van der Waals surface area contributed by atoms with Crippen LogP contribution in [0.5, 0.6) is 0 Å². The third-order valence-corrected chi connectivity index (χ3v) is 5.28. The molecule has 0 aliphatic carbocycles. The number of aromatic nitrogens is 1. The molecule has 0 bridgehead atoms. The summed E-state index contributed by atoms with van der Waals surface area (Å²) in [6.45, 7) is 1.98. The number of amides is 1. The summed E-state index contributed by atoms with van der Waals surface area (Å²) in [5, 5.41) is 6.84. The number of benzene rings is 2. The number of hydrogen-bond donors (Lipinski definition) is 2. The van der Waals surface area contributed by atoms with Gasteiger partial charge in [0, 0.05) is 11.3 Å². The molecule has 0 saturated heterocycles. The minimum atomic E-state index is -0.388. The third kappa shape index (κ3) is 3.74. The number of rotatable bonds is 3. The van der Waals surface area contributed by atoms with E-state index in [4.69, 9.17) is 16.6 Å². The molecule has 2 aromatic carbocycles. The second kappa shape index (κ2) is 7.30. The Bertz CT molecular complexity index is 1100. The standard InChI is InChI=1S/C20H15N3O2S2/c1-12-11-13(19-21-15-5-2-3-7-17(15)27-19)8-9-14(12)22-20(26)23-18(24)16-6-4-10-25-16/h2-11H,1H3,(H2,22,23,24,26). The zero-order valence-corrected chi connectivity index (χ0v) is 16.0. The Balaban J connectivity index is 1.50. The number of para-hydroxylation sites is 1. The Kier molecular flexibility index (Phi) is 4.70. The lowest BCUT2D eigenvalue weighted by Crippen LogP contribution is -2.34. The molecule has 4 aromatic rings. The van der Waals surface area contributed by atoms with Crippen LogP contribution in [0.25, 0.3) is 20.8 Å². The molecule has 27 heavy (non-hydrogen) atoms. The van der Waals surface area contributed by atoms with Crippen LogP contribution in [0.4, 0.5) is 5.69 Å². The fourth-order valence-corrected chi connectivity index (χ4v) is 3.82. The van der Waals surface area contributed by atoms with Crippen LogP contribution in [0.1, 0.15) is 16.1 Å². The number of hydrogen-bond acceptors (Lipinski definition) is 5. The fourth-order valence-electron chi connectivity index (χ4n) is 2.66. The van der Waals surface area contributed by atoms with E-state index in [0.717, 1.165) is 32.0 Å². The first-order valence-electron chi connectivity index (χ1n) is 8.22. The highest BCUT2D eigenvalue weighted by Crippen LogP contribution is 2.31. The molecule has 0 fully saturated rings. The number of aryl methyl sites for hydroxylation is 1. The minimum Gasteiger partial charge on any atom is -0.459 e. The van der Waals surface area contributed by atoms with Gasteiger partial charge in [0.05, 0.1) is 16.5 Å². The normalized spacial score (nSPS) is 10.7. The minimum absolute atomic E-state index is 0.210. The van der Waals surface area contributed by atoms with Crippen molar-refractivity contribution in [2.24, 2.45) is 0 Å². The van der Waals surface area contributed by atoms with Crippen molar-refractivity contribution in [3.63, 3.8) is 0 Å². The first-order valence-corrected chi connectivity index (χ1v) is 9.45. The maximum Gasteiger partial charge on any atom is 0.293 e. The Morgan fingerprint density at radius 1 is 1.15 bits per heavy atom. The molecule has 2 heterocycles. The maximum absolute atomic E-state index is 12.0. The van der Waals surface area contributed by atoms with Gasteiger partial charge in [-0.05, 0) is 67.2 Å². The molecule has 0 spiro atoms. The van der Waals surface area contributed by atoms with E-state index in [0.29, 0.717) is 0 Å². The molecular weight excluding hydrogens is 378 g/mol. The number of nitrogens with one attached hydrogen (secondary N) is 2. The Hall–Kier alpha value is -3.03. The summed E-state index contributed by atoms with van der Waals surface area (Å²) < 4.78 is 6.22. The van der Waals surface area contributed by atoms with Gasteiger partial charge in [-0.3, -0.25) is 10.1 Å². The molecule has 0 unspecified atom stereocenters. The van der Waals surface area contributed by atoms with Crippen molar-refractivity contribution < 1.29 is 9.21 Å². The quantitative estimate of drug-likeness (QED) is 0.480. The van der Waals surface area contributed by atoms with Crippen LogP contribution in [-0.4, -0.2) is 16.0 Å². The first-order chi connectivity index (χ1) is 13.1. The number of thiocarbonyl (C=S) groups is 1. The number of carbonyl (C=O) groups excluding carboxylic acids is 1. The van der Waals surface area contributed by atoms with Gasteiger partial charge >= 0.3 is 0 Å². The number of carbonyl (C=O) groups is 1. The van der Waals surface area contributed by atoms with Crippen molar-refractivity contribution in [2.45, 2.75) is 6.92 Å². The summed E-state index contributed by atoms with van der Waals surface area (Å²) in [5.41, 5.74) is 3.87. The van der Waals surface area contributed by atoms with E-state index in [1.54, 1.807) is 23.5 Å². The molecule has 2 N–H and O–H groups in total. The summed E-state index contributed by atoms with van der Waals surface area (Å²) in [5.74, 6) is -0.177. The van der Waals surface area contributed by atoms with Crippen molar-refractivity contribution in [3.8, 4) is 10.6 Å². The van der Waals surface area contributed by atoms with Crippen molar-refractivity contribution in [1.82, 2.24) is 10.3 Å². The third-order valence-electron chi connectivity index (χ3n) is 3.99. The van der Waals surface area contributed by atoms with Crippen LogP contribution < -0.4 is 10.6 Å². The maximum atomic E-state index is 12.0. The van der Waals surface area contributed by atoms with Crippen LogP contribution in [0.2, 0.25) is 0 Å². The largest absolute Gasteiger partial charge is 0.459 e. The average Bonchev–Trinajstić information content (AvgIpc) is 3.33. The SMILES string of the molecule is Cc1cc(-c2nc3ccccc3s2)ccc1NC(=S)NC(=O)c1ccco1. The highest BCUT2D eigenvalue weighted by molar-refractivity contribution is 7.80. The highest BCUT2D eigenvalue weighted by atomic mass is 32.1. The molecule has 134 valence electrons. The van der Waals surface area contributed by atoms with Gasteiger partial charge < -0.3 is 9.73 Å². The van der Waals surface area contributed by atoms with E-state index in [1.807, 2.05) is 37.3 Å². The van der Waals surface area contributed by atoms with Gasteiger partial charge in [-0.2, -0.15) is 0 Å². The smallest absolute Gasteiger partial charge is 0.293 e. The van der Waals surface area contributed by atoms with E-state index >= 15 is 0 Å². The van der Waals surface area contributed by atoms with Crippen LogP contribution in [-0.2, 0) is 0 Å². The number of thiazole rings is 1. The van der Waals surface area contributed by atoms with Gasteiger partial charge in [0.25, 0.3) is 5.91 Å². The lowest BCUT2D eigenvalue weighted by atomic mass is 10.1. The van der Waals surface area contributed by atoms with Gasteiger partial charge in [0.15, 0.2) is 10.9 Å². The molecule has 0 radical (unpaired) electrons. The fraction of sp³-hybridized carbons (Fsp3) is 0.0500. The summed E-state index contributed by atoms with van der Waals surface area (Å²) >= 11 is 6.88. The molecular formula is C20H15N3O2S2. The van der Waals surface area contributed by atoms with Gasteiger partial charge in [0.1, 0.15) is 5.01 Å². The molecule has 0 aliphatic rings. The molecule has 0 atom stereocenters. The monoisotopic (exact) mass is 393 g/mol. The predicted octanol–water partition coefficient (Wildman–Crippen LogP) is 4.99. The number of fused-ring (bicyclic) bond motifs is 1. The van der Waals surface area contributed by atoms with Crippen LogP contribution >= 0.6 is 23.6 Å². The molecule has 5 nitrogen and oxygen atoms in total. The van der Waals surface area contributed by atoms with E-state index in [-0.39, 0.29) is 16.8 Å². The van der Waals surface area contributed by atoms with E-state index in [1.165, 1.54) is 6.26 Å². The number of nitrogens with zero attached hydrogens (tertiary/aromatic N) is 1. The molecule has 7 heteroatoms. The van der Waals surface area contributed by atoms with Crippen molar-refractivity contribution in [1.29, 1.82) is 0 Å². The van der Waals surface area contributed by atoms with Gasteiger partial charge in [-0.15, -0.1) is 11.3 Å². The van der Waals surface area contributed by atoms with Gasteiger partial charge in [0.2, 0.25) is 0 Å². The van der Waals surface area contributed by atoms with Crippen molar-refractivity contribution in [3.05, 3.63) is 72.2 Å². The summed E-state index contributed by atoms with van der Waals surface area (Å²) in [6, 6.07) is 17.3. The molecule has 2 aromatic heterocycles. The zero-order chi connectivity index (χ0) is 18.8. The van der Waals surface area contributed by atoms with Gasteiger partial charge in [-0.25, -0.2) is 4.98 Å². The summed E-state index contributed by atoms with van der Waals surface area (Å²) in [6.07, 6.45) is 1.44. The Morgan fingerprint density at radius 3 is 2.74 bits per heavy atom. The molecule has 4 rings (SSSR count). The van der Waals surface area contributed by atoms with Crippen LogP contribution in [0, 0.1) is 6.92 Å². The summed E-state index contributed by atoms with van der Waals surface area (Å²) in [7, 11) is 0. The molecule has 0 saturated carbocycles. The highest BCUT2D eigenvalue weighted by Gasteiger charge is 2.12. The number of anilines is 1.